The van der Waals surface area contributed by atoms with Gasteiger partial charge in [-0.15, -0.1) is 0 Å². The van der Waals surface area contributed by atoms with E-state index in [1.54, 1.807) is 21.1 Å². The summed E-state index contributed by atoms with van der Waals surface area (Å²) in [5.74, 6) is -8.48. The number of Topliss-reactive ketones (excluding diaryl/α,β-unsaturated/α-hetero) is 2. The number of carbonyl (C=O) groups is 5. The zero-order chi connectivity index (χ0) is 61.4. The molecule has 1 saturated carbocycles. The van der Waals surface area contributed by atoms with Crippen LogP contribution in [0.3, 0.4) is 0 Å². The number of ketones is 2. The standard InChI is InChI=1S/C68H90ClN5O12/c1-8-45-18-22-60-62(84-7)31-43(4)68(82,86-60)64(79)66(80)74-23-10-9-14-56(74)67(81)85-40-55(42(3)30-47-17-21-57(75)61(32-47)83-6)44(5)58(76)36-59(77)50(29-41(2)28-45)35-63(78)73-26-24-72(25-27-73)39-46-15-19-48(20-16-46)51-34-53-54(38-71-65(53)70-37-51)49-12-11-13-52(69)33-49/h11-13,15-16,19-20,29-30,33-34,37-38,43-45,47,50,55-58,60-62,75-76,82H,8-10,14,17-18,21-28,31-32,35-36,39-40H2,1-7H3,(H,70,71)/b41-29+,42-30+/t43-,44+,45-,47+,50+,55-,56+,57-,58+,60-,61-,62+,68-/m1/s1. The van der Waals surface area contributed by atoms with Crippen molar-refractivity contribution in [1.29, 1.82) is 0 Å². The van der Waals surface area contributed by atoms with Crippen molar-refractivity contribution in [3.8, 4) is 22.3 Å². The summed E-state index contributed by atoms with van der Waals surface area (Å²) >= 11 is 6.34. The molecule has 2 aromatic carbocycles. The highest BCUT2D eigenvalue weighted by Crippen LogP contribution is 2.40. The van der Waals surface area contributed by atoms with E-state index < -0.39 is 77.6 Å². The number of carbonyl (C=O) groups excluding carboxylic acids is 5. The molecule has 9 rings (SSSR count). The first-order valence-corrected chi connectivity index (χ1v) is 31.7. The SMILES string of the molecule is CC[C@@H]1CC[C@H]2O[C@@](O)(C(=O)C(=O)N3CCCC[C@H]3C(=O)OC[C@H](/C(C)=C/[C@@H]3CC[C@@H](O)[C@H](OC)C3)[C@H](C)[C@@H](O)CC(=O)[C@H](CC(=O)N3CCN(Cc4ccc(-c5cnc6[nH]cc(-c7cccc(Cl)c7)c6c5)cc4)CC3)/C=C(\C)C1)[C@H](C)C[C@@H]2OC. The maximum Gasteiger partial charge on any atom is 0.328 e. The number of aliphatic hydroxyl groups excluding tert-OH is 2. The summed E-state index contributed by atoms with van der Waals surface area (Å²) in [6.07, 6.45) is 9.95. The first-order chi connectivity index (χ1) is 41.3. The Bertz CT molecular complexity index is 3080. The maximum atomic E-state index is 14.9. The second kappa shape index (κ2) is 29.1. The number of amides is 2. The van der Waals surface area contributed by atoms with Crippen molar-refractivity contribution in [1.82, 2.24) is 24.7 Å². The van der Waals surface area contributed by atoms with Gasteiger partial charge in [-0.25, -0.2) is 9.78 Å². The molecule has 17 nitrogen and oxygen atoms in total. The number of benzene rings is 2. The van der Waals surface area contributed by atoms with Crippen molar-refractivity contribution in [3.05, 3.63) is 101 Å². The highest BCUT2D eigenvalue weighted by Gasteiger charge is 2.55. The van der Waals surface area contributed by atoms with Crippen LogP contribution in [0.5, 0.6) is 0 Å². The molecule has 13 atom stereocenters. The van der Waals surface area contributed by atoms with Crippen LogP contribution in [-0.4, -0.2) is 165 Å². The normalized spacial score (nSPS) is 31.8. The van der Waals surface area contributed by atoms with Gasteiger partial charge in [0.15, 0.2) is 0 Å². The van der Waals surface area contributed by atoms with E-state index in [2.05, 4.69) is 53.2 Å². The molecule has 5 aliphatic rings. The fraction of sp³-hybridized carbons (Fsp3) is 0.588. The van der Waals surface area contributed by atoms with Gasteiger partial charge in [-0.1, -0.05) is 98.5 Å². The highest BCUT2D eigenvalue weighted by atomic mass is 35.5. The molecular formula is C68H90ClN5O12. The first kappa shape index (κ1) is 64.8. The quantitative estimate of drug-likeness (QED) is 0.0624. The Morgan fingerprint density at radius 2 is 1.63 bits per heavy atom. The van der Waals surface area contributed by atoms with Gasteiger partial charge in [-0.3, -0.25) is 24.1 Å². The molecule has 3 saturated heterocycles. The molecule has 2 amide bonds. The highest BCUT2D eigenvalue weighted by molar-refractivity contribution is 6.39. The molecule has 466 valence electrons. The minimum Gasteiger partial charge on any atom is -0.464 e. The van der Waals surface area contributed by atoms with Crippen molar-refractivity contribution < 1.29 is 58.2 Å². The predicted octanol–water partition coefficient (Wildman–Crippen LogP) is 9.67. The largest absolute Gasteiger partial charge is 0.464 e. The van der Waals surface area contributed by atoms with E-state index in [0.717, 1.165) is 56.4 Å². The Morgan fingerprint density at radius 3 is 2.35 bits per heavy atom. The monoisotopic (exact) mass is 1200 g/mol. The van der Waals surface area contributed by atoms with Crippen LogP contribution >= 0.6 is 11.6 Å². The van der Waals surface area contributed by atoms with E-state index in [9.17, 15) is 39.3 Å². The molecule has 6 heterocycles. The zero-order valence-electron chi connectivity index (χ0n) is 51.3. The molecule has 0 unspecified atom stereocenters. The third-order valence-electron chi connectivity index (χ3n) is 19.5. The van der Waals surface area contributed by atoms with Crippen molar-refractivity contribution >= 4 is 52.0 Å². The predicted molar refractivity (Wildman–Crippen MR) is 329 cm³/mol. The lowest BCUT2D eigenvalue weighted by Gasteiger charge is -2.45. The third-order valence-corrected chi connectivity index (χ3v) is 19.8. The maximum absolute atomic E-state index is 14.9. The Kier molecular flexibility index (Phi) is 22.0. The number of fused-ring (bicyclic) bond motifs is 4. The van der Waals surface area contributed by atoms with Crippen LogP contribution in [0.4, 0.5) is 0 Å². The van der Waals surface area contributed by atoms with Gasteiger partial charge in [0.2, 0.25) is 11.7 Å². The lowest BCUT2D eigenvalue weighted by Crippen LogP contribution is -2.62. The third kappa shape index (κ3) is 15.3. The average molecular weight is 1200 g/mol. The van der Waals surface area contributed by atoms with E-state index >= 15 is 0 Å². The molecule has 0 spiro atoms. The summed E-state index contributed by atoms with van der Waals surface area (Å²) < 4.78 is 24.0. The number of hydrogen-bond donors (Lipinski definition) is 4. The van der Waals surface area contributed by atoms with Gasteiger partial charge in [-0.2, -0.15) is 0 Å². The van der Waals surface area contributed by atoms with Crippen LogP contribution in [0, 0.1) is 35.5 Å². The minimum absolute atomic E-state index is 0.0149. The average Bonchev–Trinajstić information content (AvgIpc) is 2.09. The van der Waals surface area contributed by atoms with E-state index in [1.807, 2.05) is 68.4 Å². The number of aliphatic hydroxyl groups is 3. The Hall–Kier alpha value is -5.63. The minimum atomic E-state index is -2.46. The molecule has 4 fully saturated rings. The molecule has 2 bridgehead atoms. The number of nitrogens with zero attached hydrogens (tertiary/aromatic N) is 4. The van der Waals surface area contributed by atoms with Crippen LogP contribution in [0.2, 0.25) is 5.02 Å². The molecule has 2 aromatic heterocycles. The number of pyridine rings is 1. The summed E-state index contributed by atoms with van der Waals surface area (Å²) in [5, 5.41) is 36.7. The van der Waals surface area contributed by atoms with Crippen molar-refractivity contribution in [2.45, 2.75) is 167 Å². The number of H-pyrrole nitrogens is 1. The number of esters is 1. The number of methoxy groups -OCH3 is 2. The smallest absolute Gasteiger partial charge is 0.328 e. The number of piperazine rings is 1. The van der Waals surface area contributed by atoms with Crippen molar-refractivity contribution in [2.75, 3.05) is 53.6 Å². The van der Waals surface area contributed by atoms with Crippen LogP contribution in [0.15, 0.2) is 90.3 Å². The number of piperidine rings is 1. The van der Waals surface area contributed by atoms with E-state index in [4.69, 9.17) is 35.5 Å². The molecule has 4 aromatic rings. The van der Waals surface area contributed by atoms with Gasteiger partial charge < -0.3 is 49.1 Å². The second-order valence-corrected chi connectivity index (χ2v) is 25.8. The van der Waals surface area contributed by atoms with Gasteiger partial charge in [0.25, 0.3) is 11.7 Å². The van der Waals surface area contributed by atoms with Crippen LogP contribution in [0.1, 0.15) is 124 Å². The number of aromatic nitrogens is 2. The zero-order valence-corrected chi connectivity index (χ0v) is 52.0. The first-order valence-electron chi connectivity index (χ1n) is 31.3. The fourth-order valence-electron chi connectivity index (χ4n) is 14.0. The Balaban J connectivity index is 0.924. The molecule has 86 heavy (non-hydrogen) atoms. The van der Waals surface area contributed by atoms with Crippen molar-refractivity contribution in [2.24, 2.45) is 35.5 Å². The number of rotatable bonds is 11. The Morgan fingerprint density at radius 1 is 0.872 bits per heavy atom. The van der Waals surface area contributed by atoms with Gasteiger partial charge >= 0.3 is 5.97 Å². The summed E-state index contributed by atoms with van der Waals surface area (Å²) in [6.45, 7) is 12.4. The molecule has 18 heteroatoms. The number of hydrogen-bond acceptors (Lipinski definition) is 14. The number of ether oxygens (including phenoxy) is 4. The molecular weight excluding hydrogens is 1110 g/mol. The van der Waals surface area contributed by atoms with Gasteiger partial charge in [0.1, 0.15) is 17.5 Å². The number of cyclic esters (lactones) is 1. The van der Waals surface area contributed by atoms with E-state index in [1.165, 1.54) is 4.90 Å². The number of allylic oxidation sites excluding steroid dienone is 3. The number of aromatic amines is 1. The number of nitrogens with one attached hydrogen (secondary N) is 1. The van der Waals surface area contributed by atoms with E-state index in [0.29, 0.717) is 89.1 Å². The molecule has 4 N–H and O–H groups in total. The summed E-state index contributed by atoms with van der Waals surface area (Å²) in [6, 6.07) is 17.3. The summed E-state index contributed by atoms with van der Waals surface area (Å²) in [4.78, 5) is 85.8. The Labute approximate surface area is 511 Å². The van der Waals surface area contributed by atoms with Gasteiger partial charge in [-0.05, 0) is 131 Å². The van der Waals surface area contributed by atoms with Gasteiger partial charge in [0.05, 0.1) is 37.1 Å². The second-order valence-electron chi connectivity index (χ2n) is 25.3. The summed E-state index contributed by atoms with van der Waals surface area (Å²) in [7, 11) is 3.14. The summed E-state index contributed by atoms with van der Waals surface area (Å²) in [5.41, 5.74) is 7.77. The van der Waals surface area contributed by atoms with Gasteiger partial charge in [0, 0.05) is 118 Å². The van der Waals surface area contributed by atoms with Crippen molar-refractivity contribution in [3.63, 3.8) is 0 Å². The molecule has 1 aliphatic carbocycles. The lowest BCUT2D eigenvalue weighted by atomic mass is 9.78. The van der Waals surface area contributed by atoms with Crippen LogP contribution in [0.25, 0.3) is 33.3 Å². The van der Waals surface area contributed by atoms with Crippen LogP contribution in [-0.2, 0) is 49.5 Å². The molecule has 0 radical (unpaired) electrons. The molecule has 4 aliphatic heterocycles. The lowest BCUT2D eigenvalue weighted by molar-refractivity contribution is -0.287. The number of halogens is 1. The van der Waals surface area contributed by atoms with Crippen LogP contribution < -0.4 is 0 Å². The fourth-order valence-corrected chi connectivity index (χ4v) is 14.1. The topological polar surface area (TPSA) is 221 Å². The van der Waals surface area contributed by atoms with E-state index in [-0.39, 0.29) is 68.5 Å².